The number of benzene rings is 2. The van der Waals surface area contributed by atoms with Crippen LogP contribution in [0.15, 0.2) is 42.5 Å². The van der Waals surface area contributed by atoms with Crippen LogP contribution in [0.2, 0.25) is 5.02 Å². The third-order valence-corrected chi connectivity index (χ3v) is 5.45. The van der Waals surface area contributed by atoms with Crippen LogP contribution >= 0.6 is 11.6 Å². The summed E-state index contributed by atoms with van der Waals surface area (Å²) >= 11 is 6.36. The van der Waals surface area contributed by atoms with Gasteiger partial charge < -0.3 is 29.9 Å². The predicted octanol–water partition coefficient (Wildman–Crippen LogP) is 1.84. The molecule has 1 saturated heterocycles. The van der Waals surface area contributed by atoms with E-state index in [1.54, 1.807) is 19.2 Å². The molecule has 1 aliphatic rings. The molecule has 1 heterocycles. The van der Waals surface area contributed by atoms with E-state index in [0.717, 1.165) is 16.9 Å². The summed E-state index contributed by atoms with van der Waals surface area (Å²) in [5.74, 6) is 0.768. The van der Waals surface area contributed by atoms with Crippen LogP contribution in [0.25, 0.3) is 0 Å². The van der Waals surface area contributed by atoms with E-state index in [2.05, 4.69) is 0 Å². The first kappa shape index (κ1) is 21.0. The molecule has 4 N–H and O–H groups in total. The fourth-order valence-electron chi connectivity index (χ4n) is 3.46. The molecule has 28 heavy (non-hydrogen) atoms. The highest BCUT2D eigenvalue weighted by atomic mass is 35.5. The zero-order chi connectivity index (χ0) is 20.3. The highest BCUT2D eigenvalue weighted by molar-refractivity contribution is 6.31. The van der Waals surface area contributed by atoms with Crippen LogP contribution in [-0.4, -0.2) is 58.6 Å². The summed E-state index contributed by atoms with van der Waals surface area (Å²) in [5, 5.41) is 40.4. The van der Waals surface area contributed by atoms with Crippen molar-refractivity contribution in [3.05, 3.63) is 64.2 Å². The third kappa shape index (κ3) is 4.49. The molecule has 0 spiro atoms. The highest BCUT2D eigenvalue weighted by Gasteiger charge is 2.43. The van der Waals surface area contributed by atoms with Crippen molar-refractivity contribution in [1.29, 1.82) is 0 Å². The Hall–Kier alpha value is -1.67. The van der Waals surface area contributed by atoms with Gasteiger partial charge in [-0.05, 0) is 47.7 Å². The first-order chi connectivity index (χ1) is 13.4. The molecule has 5 atom stereocenters. The van der Waals surface area contributed by atoms with Crippen molar-refractivity contribution in [2.75, 3.05) is 13.7 Å². The number of ether oxygens (including phenoxy) is 2. The van der Waals surface area contributed by atoms with E-state index in [9.17, 15) is 15.3 Å². The van der Waals surface area contributed by atoms with Crippen molar-refractivity contribution in [3.8, 4) is 5.75 Å². The van der Waals surface area contributed by atoms with Crippen molar-refractivity contribution in [1.82, 2.24) is 0 Å². The van der Waals surface area contributed by atoms with Crippen LogP contribution in [-0.2, 0) is 11.2 Å². The number of methoxy groups -OCH3 is 1. The van der Waals surface area contributed by atoms with Crippen molar-refractivity contribution < 1.29 is 29.9 Å². The third-order valence-electron chi connectivity index (χ3n) is 5.08. The van der Waals surface area contributed by atoms with Crippen LogP contribution in [0.5, 0.6) is 5.75 Å². The van der Waals surface area contributed by atoms with Crippen LogP contribution in [0.3, 0.4) is 0 Å². The Morgan fingerprint density at radius 3 is 2.36 bits per heavy atom. The minimum atomic E-state index is -1.36. The van der Waals surface area contributed by atoms with Crippen molar-refractivity contribution >= 4 is 11.6 Å². The molecule has 1 aliphatic heterocycles. The molecule has 6 nitrogen and oxygen atoms in total. The molecule has 0 aromatic heterocycles. The Morgan fingerprint density at radius 2 is 1.71 bits per heavy atom. The zero-order valence-electron chi connectivity index (χ0n) is 15.5. The molecule has 152 valence electrons. The summed E-state index contributed by atoms with van der Waals surface area (Å²) < 4.78 is 11.0. The molecule has 0 aliphatic carbocycles. The zero-order valence-corrected chi connectivity index (χ0v) is 16.3. The van der Waals surface area contributed by atoms with E-state index in [4.69, 9.17) is 26.2 Å². The molecular weight excluding hydrogens is 384 g/mol. The monoisotopic (exact) mass is 408 g/mol. The topological polar surface area (TPSA) is 99.4 Å². The second-order valence-corrected chi connectivity index (χ2v) is 7.36. The van der Waals surface area contributed by atoms with Gasteiger partial charge in [0.2, 0.25) is 0 Å². The van der Waals surface area contributed by atoms with Gasteiger partial charge in [0.25, 0.3) is 0 Å². The standard InChI is InChI=1S/C21H25ClO6/c1-27-15-5-2-12(3-6-15)10-14-11-13(4-7-16(14)22)21-20(26)19(25)18(24)17(28-21)8-9-23/h2-7,11,17-21,23-26H,8-10H2,1H3/t17-,18-,19+,20-,21+/m1/s1. The van der Waals surface area contributed by atoms with E-state index in [0.29, 0.717) is 17.0 Å². The lowest BCUT2D eigenvalue weighted by Crippen LogP contribution is -2.54. The van der Waals surface area contributed by atoms with Crippen LogP contribution in [0.1, 0.15) is 29.2 Å². The van der Waals surface area contributed by atoms with Crippen molar-refractivity contribution in [2.24, 2.45) is 0 Å². The molecule has 1 fully saturated rings. The molecule has 2 aromatic carbocycles. The maximum Gasteiger partial charge on any atom is 0.118 e. The predicted molar refractivity (Wildman–Crippen MR) is 105 cm³/mol. The molecule has 0 unspecified atom stereocenters. The Morgan fingerprint density at radius 1 is 1.00 bits per heavy atom. The van der Waals surface area contributed by atoms with Gasteiger partial charge in [0.15, 0.2) is 0 Å². The van der Waals surface area contributed by atoms with E-state index < -0.39 is 30.5 Å². The lowest BCUT2D eigenvalue weighted by Gasteiger charge is -2.41. The van der Waals surface area contributed by atoms with E-state index in [1.807, 2.05) is 30.3 Å². The molecular formula is C21H25ClO6. The highest BCUT2D eigenvalue weighted by Crippen LogP contribution is 2.35. The molecule has 0 radical (unpaired) electrons. The van der Waals surface area contributed by atoms with E-state index in [-0.39, 0.29) is 13.0 Å². The Bertz CT molecular complexity index is 781. The largest absolute Gasteiger partial charge is 0.497 e. The van der Waals surface area contributed by atoms with Crippen LogP contribution < -0.4 is 4.74 Å². The van der Waals surface area contributed by atoms with Gasteiger partial charge in [0.05, 0.1) is 13.2 Å². The van der Waals surface area contributed by atoms with E-state index in [1.165, 1.54) is 0 Å². The van der Waals surface area contributed by atoms with Gasteiger partial charge in [-0.15, -0.1) is 0 Å². The van der Waals surface area contributed by atoms with Gasteiger partial charge in [-0.25, -0.2) is 0 Å². The first-order valence-corrected chi connectivity index (χ1v) is 9.54. The van der Waals surface area contributed by atoms with Crippen molar-refractivity contribution in [2.45, 2.75) is 43.4 Å². The summed E-state index contributed by atoms with van der Waals surface area (Å²) in [6, 6.07) is 12.9. The lowest BCUT2D eigenvalue weighted by molar-refractivity contribution is -0.227. The first-order valence-electron chi connectivity index (χ1n) is 9.16. The van der Waals surface area contributed by atoms with E-state index >= 15 is 0 Å². The average Bonchev–Trinajstić information content (AvgIpc) is 2.71. The fourth-order valence-corrected chi connectivity index (χ4v) is 3.65. The van der Waals surface area contributed by atoms with Gasteiger partial charge in [-0.1, -0.05) is 35.9 Å². The van der Waals surface area contributed by atoms with Gasteiger partial charge in [0.1, 0.15) is 30.2 Å². The van der Waals surface area contributed by atoms with Gasteiger partial charge in [-0.2, -0.15) is 0 Å². The van der Waals surface area contributed by atoms with Gasteiger partial charge >= 0.3 is 0 Å². The van der Waals surface area contributed by atoms with Gasteiger partial charge in [0, 0.05) is 11.6 Å². The maximum atomic E-state index is 10.4. The SMILES string of the molecule is COc1ccc(Cc2cc([C@@H]3O[C@H](CCO)[C@@H](O)[C@H](O)[C@H]3O)ccc2Cl)cc1. The quantitative estimate of drug-likeness (QED) is 0.582. The van der Waals surface area contributed by atoms with Crippen LogP contribution in [0, 0.1) is 0 Å². The molecule has 0 saturated carbocycles. The molecule has 7 heteroatoms. The number of aliphatic hydroxyl groups excluding tert-OH is 4. The summed E-state index contributed by atoms with van der Waals surface area (Å²) in [7, 11) is 1.61. The number of rotatable bonds is 6. The smallest absolute Gasteiger partial charge is 0.118 e. The second-order valence-electron chi connectivity index (χ2n) is 6.95. The number of hydrogen-bond acceptors (Lipinski definition) is 6. The molecule has 0 amide bonds. The summed E-state index contributed by atoms with van der Waals surface area (Å²) in [6.45, 7) is -0.194. The summed E-state index contributed by atoms with van der Waals surface area (Å²) in [6.07, 6.45) is -4.78. The Labute approximate surface area is 168 Å². The molecule has 0 bridgehead atoms. The second kappa shape index (κ2) is 9.22. The summed E-state index contributed by atoms with van der Waals surface area (Å²) in [4.78, 5) is 0. The molecule has 3 rings (SSSR count). The normalized spacial score (nSPS) is 27.6. The molecule has 2 aromatic rings. The Kier molecular flexibility index (Phi) is 6.93. The van der Waals surface area contributed by atoms with Gasteiger partial charge in [-0.3, -0.25) is 0 Å². The number of aliphatic hydroxyl groups is 4. The summed E-state index contributed by atoms with van der Waals surface area (Å²) in [5.41, 5.74) is 2.53. The Balaban J connectivity index is 1.84. The lowest BCUT2D eigenvalue weighted by atomic mass is 9.89. The fraction of sp³-hybridized carbons (Fsp3) is 0.429. The minimum Gasteiger partial charge on any atom is -0.497 e. The van der Waals surface area contributed by atoms with Crippen LogP contribution in [0.4, 0.5) is 0 Å². The number of hydrogen-bond donors (Lipinski definition) is 4. The van der Waals surface area contributed by atoms with Crippen molar-refractivity contribution in [3.63, 3.8) is 0 Å². The number of halogens is 1. The minimum absolute atomic E-state index is 0.160. The maximum absolute atomic E-state index is 10.4. The average molecular weight is 409 g/mol.